The number of aryl methyl sites for hydroxylation is 2. The topological polar surface area (TPSA) is 94.2 Å². The van der Waals surface area contributed by atoms with Crippen LogP contribution in [0.3, 0.4) is 0 Å². The minimum absolute atomic E-state index is 0.0161. The number of benzene rings is 2. The second-order valence-corrected chi connectivity index (χ2v) is 8.92. The summed E-state index contributed by atoms with van der Waals surface area (Å²) in [5.41, 5.74) is 2.22. The van der Waals surface area contributed by atoms with E-state index in [2.05, 4.69) is 10.8 Å². The van der Waals surface area contributed by atoms with Crippen LogP contribution < -0.4 is 18.9 Å². The summed E-state index contributed by atoms with van der Waals surface area (Å²) in [7, 11) is 0.784. The fourth-order valence-corrected chi connectivity index (χ4v) is 4.04. The fraction of sp³-hybridized carbons (Fsp3) is 0.409. The lowest BCUT2D eigenvalue weighted by Crippen LogP contribution is -2.34. The number of carbonyl (C=O) groups excluding carboxylic acids is 1. The highest BCUT2D eigenvalue weighted by Gasteiger charge is 2.18. The maximum Gasteiger partial charge on any atom is 0.240 e. The van der Waals surface area contributed by atoms with E-state index in [0.29, 0.717) is 24.7 Å². The van der Waals surface area contributed by atoms with Crippen molar-refractivity contribution in [2.75, 3.05) is 41.0 Å². The Bertz CT molecular complexity index is 987. The van der Waals surface area contributed by atoms with Gasteiger partial charge in [0.05, 0.1) is 25.7 Å². The number of nitrogens with one attached hydrogen (secondary N) is 1. The molecule has 0 unspecified atom stereocenters. The third kappa shape index (κ3) is 7.15. The van der Waals surface area contributed by atoms with Gasteiger partial charge in [-0.2, -0.15) is 0 Å². The van der Waals surface area contributed by atoms with Gasteiger partial charge < -0.3 is 19.1 Å². The monoisotopic (exact) mass is 450 g/mol. The summed E-state index contributed by atoms with van der Waals surface area (Å²) in [5.74, 6) is 1.33. The molecular weight excluding hydrogens is 420 g/mol. The van der Waals surface area contributed by atoms with Gasteiger partial charge in [0.1, 0.15) is 12.4 Å². The number of amides is 1. The predicted molar refractivity (Wildman–Crippen MR) is 118 cm³/mol. The molecule has 0 bridgehead atoms. The molecule has 0 fully saturated rings. The van der Waals surface area contributed by atoms with Gasteiger partial charge in [0.25, 0.3) is 0 Å². The second-order valence-electron chi connectivity index (χ2n) is 7.15. The maximum absolute atomic E-state index is 12.5. The molecule has 0 aliphatic carbocycles. The maximum atomic E-state index is 12.5. The molecule has 2 aromatic rings. The van der Waals surface area contributed by atoms with E-state index in [1.165, 1.54) is 37.3 Å². The minimum Gasteiger partial charge on any atom is -0.493 e. The molecule has 0 aliphatic rings. The highest BCUT2D eigenvalue weighted by Crippen LogP contribution is 2.29. The van der Waals surface area contributed by atoms with Crippen LogP contribution in [0, 0.1) is 13.8 Å². The van der Waals surface area contributed by atoms with E-state index >= 15 is 0 Å². The fourth-order valence-electron chi connectivity index (χ4n) is 2.99. The van der Waals surface area contributed by atoms with Crippen molar-refractivity contribution in [3.8, 4) is 17.2 Å². The largest absolute Gasteiger partial charge is 0.493 e. The Morgan fingerprint density at radius 1 is 1.00 bits per heavy atom. The van der Waals surface area contributed by atoms with Crippen LogP contribution in [-0.4, -0.2) is 60.2 Å². The summed E-state index contributed by atoms with van der Waals surface area (Å²) in [5, 5.41) is 0. The molecule has 0 saturated carbocycles. The van der Waals surface area contributed by atoms with Crippen LogP contribution >= 0.6 is 0 Å². The predicted octanol–water partition coefficient (Wildman–Crippen LogP) is 2.53. The number of methoxy groups -OCH3 is 2. The first-order valence-corrected chi connectivity index (χ1v) is 11.3. The molecule has 2 aromatic carbocycles. The van der Waals surface area contributed by atoms with Crippen molar-refractivity contribution < 1.29 is 27.4 Å². The van der Waals surface area contributed by atoms with E-state index in [4.69, 9.17) is 14.2 Å². The molecule has 0 atom stereocenters. The van der Waals surface area contributed by atoms with Crippen LogP contribution in [0.25, 0.3) is 0 Å². The van der Waals surface area contributed by atoms with Crippen molar-refractivity contribution in [3.63, 3.8) is 0 Å². The van der Waals surface area contributed by atoms with Gasteiger partial charge in [-0.25, -0.2) is 13.1 Å². The number of hydrogen-bond acceptors (Lipinski definition) is 6. The third-order valence-corrected chi connectivity index (χ3v) is 6.07. The molecule has 0 aromatic heterocycles. The average molecular weight is 451 g/mol. The van der Waals surface area contributed by atoms with Crippen molar-refractivity contribution in [3.05, 3.63) is 47.5 Å². The molecular formula is C22H30N2O6S. The molecule has 0 spiro atoms. The zero-order valence-electron chi connectivity index (χ0n) is 18.6. The Kier molecular flexibility index (Phi) is 8.70. The molecule has 31 heavy (non-hydrogen) atoms. The van der Waals surface area contributed by atoms with Crippen LogP contribution in [-0.2, 0) is 14.8 Å². The number of hydrogen-bond donors (Lipinski definition) is 1. The molecule has 0 saturated heterocycles. The first kappa shape index (κ1) is 24.5. The van der Waals surface area contributed by atoms with E-state index in [1.807, 2.05) is 26.0 Å². The van der Waals surface area contributed by atoms with Gasteiger partial charge in [0, 0.05) is 26.1 Å². The van der Waals surface area contributed by atoms with E-state index < -0.39 is 10.0 Å². The molecule has 1 N–H and O–H groups in total. The normalized spacial score (nSPS) is 11.1. The van der Waals surface area contributed by atoms with Crippen molar-refractivity contribution in [2.24, 2.45) is 0 Å². The lowest BCUT2D eigenvalue weighted by Gasteiger charge is -2.18. The lowest BCUT2D eigenvalue weighted by atomic mass is 10.1. The average Bonchev–Trinajstić information content (AvgIpc) is 2.72. The van der Waals surface area contributed by atoms with Crippen molar-refractivity contribution in [1.29, 1.82) is 0 Å². The van der Waals surface area contributed by atoms with Crippen molar-refractivity contribution in [2.45, 2.75) is 25.2 Å². The minimum atomic E-state index is -3.78. The van der Waals surface area contributed by atoms with Gasteiger partial charge in [-0.15, -0.1) is 0 Å². The van der Waals surface area contributed by atoms with E-state index in [1.54, 1.807) is 7.05 Å². The van der Waals surface area contributed by atoms with Crippen molar-refractivity contribution in [1.82, 2.24) is 9.62 Å². The number of sulfonamides is 1. The second kappa shape index (κ2) is 11.0. The molecule has 1 amide bonds. The van der Waals surface area contributed by atoms with Gasteiger partial charge in [-0.3, -0.25) is 4.79 Å². The molecule has 0 radical (unpaired) electrons. The summed E-state index contributed by atoms with van der Waals surface area (Å²) in [6, 6.07) is 10.3. The summed E-state index contributed by atoms with van der Waals surface area (Å²) in [4.78, 5) is 13.9. The summed E-state index contributed by atoms with van der Waals surface area (Å²) in [6.45, 7) is 4.73. The molecule has 0 aliphatic heterocycles. The van der Waals surface area contributed by atoms with Gasteiger partial charge in [-0.05, 0) is 49.2 Å². The zero-order valence-corrected chi connectivity index (χ0v) is 19.4. The smallest absolute Gasteiger partial charge is 0.240 e. The Hall–Kier alpha value is -2.78. The first-order valence-electron chi connectivity index (χ1n) is 9.83. The molecule has 170 valence electrons. The number of ether oxygens (including phenoxy) is 3. The Morgan fingerprint density at radius 2 is 1.65 bits per heavy atom. The Balaban J connectivity index is 1.82. The quantitative estimate of drug-likeness (QED) is 0.565. The van der Waals surface area contributed by atoms with Crippen LogP contribution in [0.15, 0.2) is 41.3 Å². The van der Waals surface area contributed by atoms with Crippen LogP contribution in [0.5, 0.6) is 17.2 Å². The lowest BCUT2D eigenvalue weighted by molar-refractivity contribution is -0.130. The number of carbonyl (C=O) groups is 1. The molecule has 9 heteroatoms. The van der Waals surface area contributed by atoms with E-state index in [9.17, 15) is 13.2 Å². The standard InChI is InChI=1S/C22H30N2O6S/c1-16-12-17(2)14-18(13-16)30-11-10-24(3)22(25)8-9-23-31(26,27)19-6-7-20(28-4)21(15-19)29-5/h6-7,12-15,23H,8-11H2,1-5H3. The van der Waals surface area contributed by atoms with Crippen LogP contribution in [0.1, 0.15) is 17.5 Å². The highest BCUT2D eigenvalue weighted by atomic mass is 32.2. The van der Waals surface area contributed by atoms with E-state index in [-0.39, 0.29) is 23.8 Å². The Labute approximate surface area is 184 Å². The van der Waals surface area contributed by atoms with Crippen LogP contribution in [0.4, 0.5) is 0 Å². The van der Waals surface area contributed by atoms with Gasteiger partial charge in [0.2, 0.25) is 15.9 Å². The molecule has 8 nitrogen and oxygen atoms in total. The summed E-state index contributed by atoms with van der Waals surface area (Å²) >= 11 is 0. The van der Waals surface area contributed by atoms with Gasteiger partial charge in [0.15, 0.2) is 11.5 Å². The zero-order chi connectivity index (χ0) is 23.0. The molecule has 2 rings (SSSR count). The highest BCUT2D eigenvalue weighted by molar-refractivity contribution is 7.89. The number of nitrogens with zero attached hydrogens (tertiary/aromatic N) is 1. The Morgan fingerprint density at radius 3 is 2.26 bits per heavy atom. The number of likely N-dealkylation sites (N-methyl/N-ethyl adjacent to an activating group) is 1. The number of rotatable bonds is 11. The SMILES string of the molecule is COc1ccc(S(=O)(=O)NCCC(=O)N(C)CCOc2cc(C)cc(C)c2)cc1OC. The summed E-state index contributed by atoms with van der Waals surface area (Å²) in [6.07, 6.45) is 0.0343. The van der Waals surface area contributed by atoms with E-state index in [0.717, 1.165) is 16.9 Å². The third-order valence-electron chi connectivity index (χ3n) is 4.61. The molecule has 0 heterocycles. The van der Waals surface area contributed by atoms with Gasteiger partial charge >= 0.3 is 0 Å². The first-order chi connectivity index (χ1) is 14.7. The van der Waals surface area contributed by atoms with Crippen LogP contribution in [0.2, 0.25) is 0 Å². The van der Waals surface area contributed by atoms with Gasteiger partial charge in [-0.1, -0.05) is 6.07 Å². The van der Waals surface area contributed by atoms with Crippen molar-refractivity contribution >= 4 is 15.9 Å². The summed E-state index contributed by atoms with van der Waals surface area (Å²) < 4.78 is 43.4.